The number of hydrogen-bond donors (Lipinski definition) is 2. The smallest absolute Gasteiger partial charge is 0.244 e. The van der Waals surface area contributed by atoms with Crippen molar-refractivity contribution >= 4 is 23.6 Å². The molecule has 0 aliphatic carbocycles. The van der Waals surface area contributed by atoms with Crippen LogP contribution < -0.4 is 10.1 Å². The molecular weight excluding hydrogens is 328 g/mol. The predicted molar refractivity (Wildman–Crippen MR) is 91.9 cm³/mol. The summed E-state index contributed by atoms with van der Waals surface area (Å²) in [6.45, 7) is 3.83. The number of nitrogens with one attached hydrogen (secondary N) is 1. The van der Waals surface area contributed by atoms with Crippen LogP contribution in [0.15, 0.2) is 18.2 Å². The number of phenolic OH excluding ortho intramolecular Hbond substituents is 1. The molecule has 2 heterocycles. The standard InChI is InChI=1S/C17H22N2O4S/c1-10(12-8-11(23-3)4-5-14(12)20)18-16(22)13-9-24-17(2)7-6-15(21)19(13)17/h4-5,8,10,13,20H,6-7,9H2,1-3H3,(H,18,22)/t10-,13-,17+/m0/s1. The molecule has 0 radical (unpaired) electrons. The van der Waals surface area contributed by atoms with Gasteiger partial charge in [0.25, 0.3) is 0 Å². The highest BCUT2D eigenvalue weighted by atomic mass is 32.2. The number of hydrogen-bond acceptors (Lipinski definition) is 5. The van der Waals surface area contributed by atoms with E-state index in [2.05, 4.69) is 5.32 Å². The fourth-order valence-electron chi connectivity index (χ4n) is 3.41. The van der Waals surface area contributed by atoms with Crippen LogP contribution in [0.25, 0.3) is 0 Å². The van der Waals surface area contributed by atoms with Gasteiger partial charge < -0.3 is 20.1 Å². The fraction of sp³-hybridized carbons (Fsp3) is 0.529. The van der Waals surface area contributed by atoms with Crippen LogP contribution in [0.1, 0.15) is 38.3 Å². The zero-order valence-corrected chi connectivity index (χ0v) is 14.9. The van der Waals surface area contributed by atoms with Crippen LogP contribution in [0, 0.1) is 0 Å². The molecule has 2 N–H and O–H groups in total. The number of aromatic hydroxyl groups is 1. The number of phenols is 1. The zero-order valence-electron chi connectivity index (χ0n) is 14.0. The van der Waals surface area contributed by atoms with E-state index in [1.165, 1.54) is 0 Å². The first kappa shape index (κ1) is 17.0. The van der Waals surface area contributed by atoms with Crippen LogP contribution in [-0.2, 0) is 9.59 Å². The van der Waals surface area contributed by atoms with Gasteiger partial charge >= 0.3 is 0 Å². The Bertz CT molecular complexity index is 681. The molecular formula is C17H22N2O4S. The number of carbonyl (C=O) groups excluding carboxylic acids is 2. The number of fused-ring (bicyclic) bond motifs is 1. The summed E-state index contributed by atoms with van der Waals surface area (Å²) in [6, 6.07) is 4.07. The van der Waals surface area contributed by atoms with E-state index in [1.807, 2.05) is 6.92 Å². The van der Waals surface area contributed by atoms with Crippen molar-refractivity contribution < 1.29 is 19.4 Å². The summed E-state index contributed by atoms with van der Waals surface area (Å²) in [7, 11) is 1.55. The molecule has 3 rings (SSSR count). The van der Waals surface area contributed by atoms with Gasteiger partial charge in [0.05, 0.1) is 18.0 Å². The third-order valence-corrected chi connectivity index (χ3v) is 6.31. The predicted octanol–water partition coefficient (Wildman–Crippen LogP) is 2.03. The Balaban J connectivity index is 1.74. The lowest BCUT2D eigenvalue weighted by atomic mass is 10.1. The highest BCUT2D eigenvalue weighted by Gasteiger charge is 2.52. The Morgan fingerprint density at radius 1 is 1.54 bits per heavy atom. The Morgan fingerprint density at radius 2 is 2.29 bits per heavy atom. The Hall–Kier alpha value is -1.89. The molecule has 2 aliphatic heterocycles. The number of carbonyl (C=O) groups is 2. The molecule has 2 saturated heterocycles. The number of nitrogens with zero attached hydrogens (tertiary/aromatic N) is 1. The highest BCUT2D eigenvalue weighted by Crippen LogP contribution is 2.47. The summed E-state index contributed by atoms with van der Waals surface area (Å²) in [5, 5.41) is 13.0. The van der Waals surface area contributed by atoms with E-state index in [-0.39, 0.29) is 28.5 Å². The summed E-state index contributed by atoms with van der Waals surface area (Å²) in [4.78, 5) is 26.3. The van der Waals surface area contributed by atoms with Crippen molar-refractivity contribution in [3.8, 4) is 11.5 Å². The monoisotopic (exact) mass is 350 g/mol. The number of amides is 2. The minimum atomic E-state index is -0.454. The summed E-state index contributed by atoms with van der Waals surface area (Å²) in [5.74, 6) is 1.18. The molecule has 0 unspecified atom stereocenters. The van der Waals surface area contributed by atoms with Gasteiger partial charge in [-0.25, -0.2) is 0 Å². The van der Waals surface area contributed by atoms with Crippen molar-refractivity contribution in [3.63, 3.8) is 0 Å². The van der Waals surface area contributed by atoms with Crippen molar-refractivity contribution in [2.24, 2.45) is 0 Å². The molecule has 2 amide bonds. The summed E-state index contributed by atoms with van der Waals surface area (Å²) in [6.07, 6.45) is 1.28. The second-order valence-corrected chi connectivity index (χ2v) is 7.92. The van der Waals surface area contributed by atoms with Crippen molar-refractivity contribution in [3.05, 3.63) is 23.8 Å². The van der Waals surface area contributed by atoms with E-state index in [0.29, 0.717) is 23.5 Å². The third-order valence-electron chi connectivity index (χ3n) is 4.81. The van der Waals surface area contributed by atoms with Gasteiger partial charge in [0, 0.05) is 17.7 Å². The first-order valence-corrected chi connectivity index (χ1v) is 8.97. The average molecular weight is 350 g/mol. The fourth-order valence-corrected chi connectivity index (χ4v) is 4.84. The number of rotatable bonds is 4. The lowest BCUT2D eigenvalue weighted by molar-refractivity contribution is -0.138. The summed E-state index contributed by atoms with van der Waals surface area (Å²) >= 11 is 1.66. The van der Waals surface area contributed by atoms with Gasteiger partial charge in [0.15, 0.2) is 0 Å². The molecule has 0 aromatic heterocycles. The van der Waals surface area contributed by atoms with E-state index in [1.54, 1.807) is 48.9 Å². The van der Waals surface area contributed by atoms with Crippen molar-refractivity contribution in [2.45, 2.75) is 43.6 Å². The first-order valence-electron chi connectivity index (χ1n) is 7.99. The molecule has 0 bridgehead atoms. The Labute approximate surface area is 145 Å². The van der Waals surface area contributed by atoms with Gasteiger partial charge in [-0.05, 0) is 38.5 Å². The van der Waals surface area contributed by atoms with Gasteiger partial charge in [0.1, 0.15) is 17.5 Å². The SMILES string of the molecule is COc1ccc(O)c([C@H](C)NC(=O)[C@@H]2CS[C@]3(C)CCC(=O)N23)c1. The molecule has 2 aliphatic rings. The van der Waals surface area contributed by atoms with Crippen LogP contribution in [0.2, 0.25) is 0 Å². The van der Waals surface area contributed by atoms with Gasteiger partial charge in [0.2, 0.25) is 11.8 Å². The molecule has 24 heavy (non-hydrogen) atoms. The molecule has 130 valence electrons. The maximum Gasteiger partial charge on any atom is 0.244 e. The molecule has 1 aromatic carbocycles. The molecule has 3 atom stereocenters. The lowest BCUT2D eigenvalue weighted by Crippen LogP contribution is -2.50. The summed E-state index contributed by atoms with van der Waals surface area (Å²) in [5.41, 5.74) is 0.587. The zero-order chi connectivity index (χ0) is 17.5. The van der Waals surface area contributed by atoms with Crippen LogP contribution in [0.5, 0.6) is 11.5 Å². The largest absolute Gasteiger partial charge is 0.508 e. The van der Waals surface area contributed by atoms with E-state index in [0.717, 1.165) is 6.42 Å². The number of thioether (sulfide) groups is 1. The summed E-state index contributed by atoms with van der Waals surface area (Å²) < 4.78 is 5.17. The van der Waals surface area contributed by atoms with Gasteiger partial charge in [-0.15, -0.1) is 11.8 Å². The van der Waals surface area contributed by atoms with Gasteiger partial charge in [-0.2, -0.15) is 0 Å². The van der Waals surface area contributed by atoms with E-state index >= 15 is 0 Å². The molecule has 0 saturated carbocycles. The van der Waals surface area contributed by atoms with Gasteiger partial charge in [-0.1, -0.05) is 0 Å². The normalized spacial score (nSPS) is 27.0. The quantitative estimate of drug-likeness (QED) is 0.869. The molecule has 6 nitrogen and oxygen atoms in total. The van der Waals surface area contributed by atoms with Crippen LogP contribution >= 0.6 is 11.8 Å². The maximum atomic E-state index is 12.7. The lowest BCUT2D eigenvalue weighted by Gasteiger charge is -2.30. The Morgan fingerprint density at radius 3 is 3.00 bits per heavy atom. The number of benzene rings is 1. The van der Waals surface area contributed by atoms with E-state index < -0.39 is 6.04 Å². The third kappa shape index (κ3) is 2.81. The van der Waals surface area contributed by atoms with Crippen LogP contribution in [0.4, 0.5) is 0 Å². The number of ether oxygens (including phenoxy) is 1. The molecule has 0 spiro atoms. The van der Waals surface area contributed by atoms with E-state index in [4.69, 9.17) is 4.74 Å². The second kappa shape index (κ2) is 6.20. The van der Waals surface area contributed by atoms with Crippen LogP contribution in [-0.4, -0.2) is 45.6 Å². The highest BCUT2D eigenvalue weighted by molar-refractivity contribution is 8.01. The van der Waals surface area contributed by atoms with Gasteiger partial charge in [-0.3, -0.25) is 9.59 Å². The number of methoxy groups -OCH3 is 1. The Kier molecular flexibility index (Phi) is 4.38. The maximum absolute atomic E-state index is 12.7. The van der Waals surface area contributed by atoms with Crippen molar-refractivity contribution in [1.82, 2.24) is 10.2 Å². The van der Waals surface area contributed by atoms with E-state index in [9.17, 15) is 14.7 Å². The molecule has 2 fully saturated rings. The minimum Gasteiger partial charge on any atom is -0.508 e. The van der Waals surface area contributed by atoms with Crippen molar-refractivity contribution in [1.29, 1.82) is 0 Å². The first-order chi connectivity index (χ1) is 11.4. The van der Waals surface area contributed by atoms with Crippen molar-refractivity contribution in [2.75, 3.05) is 12.9 Å². The van der Waals surface area contributed by atoms with Crippen LogP contribution in [0.3, 0.4) is 0 Å². The topological polar surface area (TPSA) is 78.9 Å². The molecule has 1 aromatic rings. The minimum absolute atomic E-state index is 0.0412. The average Bonchev–Trinajstić information content (AvgIpc) is 3.04. The molecule has 7 heteroatoms. The second-order valence-electron chi connectivity index (χ2n) is 6.42.